The molecule has 3 aromatic heterocycles. The molecule has 3 aliphatic rings. The van der Waals surface area contributed by atoms with Gasteiger partial charge in [-0.15, -0.1) is 0 Å². The molecule has 0 radical (unpaired) electrons. The van der Waals surface area contributed by atoms with Crippen molar-refractivity contribution in [3.8, 4) is 0 Å². The third kappa shape index (κ3) is 3.16. The molecular formula is C23H27N9O. The fourth-order valence-electron chi connectivity index (χ4n) is 5.63. The van der Waals surface area contributed by atoms with Gasteiger partial charge in [0.15, 0.2) is 11.5 Å². The molecule has 10 heteroatoms. The number of anilines is 3. The highest BCUT2D eigenvalue weighted by Gasteiger charge is 2.46. The highest BCUT2D eigenvalue weighted by Crippen LogP contribution is 2.50. The number of nitrogen functional groups attached to an aromatic ring is 1. The maximum absolute atomic E-state index is 13.2. The Morgan fingerprint density at radius 1 is 1.09 bits per heavy atom. The third-order valence-electron chi connectivity index (χ3n) is 7.52. The van der Waals surface area contributed by atoms with Gasteiger partial charge in [0.1, 0.15) is 11.6 Å². The fraction of sp³-hybridized carbons (Fsp3) is 0.435. The number of hydrogen-bond acceptors (Lipinski definition) is 8. The summed E-state index contributed by atoms with van der Waals surface area (Å²) in [7, 11) is 0. The van der Waals surface area contributed by atoms with Crippen LogP contribution in [-0.2, 0) is 13.0 Å². The van der Waals surface area contributed by atoms with Crippen molar-refractivity contribution < 1.29 is 4.79 Å². The van der Waals surface area contributed by atoms with E-state index >= 15 is 0 Å². The minimum absolute atomic E-state index is 0.0116. The second-order valence-corrected chi connectivity index (χ2v) is 9.26. The molecule has 4 N–H and O–H groups in total. The summed E-state index contributed by atoms with van der Waals surface area (Å²) in [6, 6.07) is 3.94. The molecule has 1 spiro atoms. The van der Waals surface area contributed by atoms with E-state index in [0.29, 0.717) is 12.4 Å². The molecule has 2 aliphatic heterocycles. The molecule has 1 atom stereocenters. The number of rotatable bonds is 2. The zero-order valence-corrected chi connectivity index (χ0v) is 18.4. The Bertz CT molecular complexity index is 1210. The molecule has 0 bridgehead atoms. The minimum Gasteiger partial charge on any atom is -0.382 e. The zero-order valence-electron chi connectivity index (χ0n) is 18.4. The normalized spacial score (nSPS) is 21.2. The summed E-state index contributed by atoms with van der Waals surface area (Å²) in [6.07, 6.45) is 10.9. The monoisotopic (exact) mass is 445 g/mol. The summed E-state index contributed by atoms with van der Waals surface area (Å²) in [5, 5.41) is 4.27. The number of nitrogens with zero attached hydrogens (tertiary/aromatic N) is 7. The van der Waals surface area contributed by atoms with Crippen LogP contribution in [0, 0.1) is 5.41 Å². The summed E-state index contributed by atoms with van der Waals surface area (Å²) in [5.74, 6) is 1.38. The Kier molecular flexibility index (Phi) is 4.58. The van der Waals surface area contributed by atoms with Gasteiger partial charge >= 0.3 is 0 Å². The molecular weight excluding hydrogens is 418 g/mol. The average Bonchev–Trinajstić information content (AvgIpc) is 3.42. The molecule has 0 aromatic carbocycles. The maximum atomic E-state index is 13.2. The van der Waals surface area contributed by atoms with E-state index in [2.05, 4.69) is 31.0 Å². The van der Waals surface area contributed by atoms with Crippen molar-refractivity contribution in [2.75, 3.05) is 35.2 Å². The number of aryl methyl sites for hydroxylation is 1. The van der Waals surface area contributed by atoms with Crippen LogP contribution in [0.5, 0.6) is 0 Å². The Labute approximate surface area is 191 Å². The molecule has 6 rings (SSSR count). The first-order valence-corrected chi connectivity index (χ1v) is 11.5. The Morgan fingerprint density at radius 3 is 2.73 bits per heavy atom. The molecule has 10 nitrogen and oxygen atoms in total. The number of nitrogens with two attached hydrogens (primary N) is 2. The van der Waals surface area contributed by atoms with Crippen LogP contribution in [0.1, 0.15) is 46.9 Å². The second-order valence-electron chi connectivity index (χ2n) is 9.26. The number of amides is 1. The van der Waals surface area contributed by atoms with Crippen LogP contribution in [0.15, 0.2) is 36.9 Å². The number of carbonyl (C=O) groups is 1. The number of hydrogen-bond donors (Lipinski definition) is 2. The molecule has 170 valence electrons. The molecule has 1 saturated heterocycles. The lowest BCUT2D eigenvalue weighted by Gasteiger charge is -2.42. The zero-order chi connectivity index (χ0) is 22.6. The molecule has 0 unspecified atom stereocenters. The predicted octanol–water partition coefficient (Wildman–Crippen LogP) is 1.54. The predicted molar refractivity (Wildman–Crippen MR) is 124 cm³/mol. The molecule has 0 saturated carbocycles. The smallest absolute Gasteiger partial charge is 0.281 e. The summed E-state index contributed by atoms with van der Waals surface area (Å²) in [4.78, 5) is 30.3. The Hall–Kier alpha value is -3.53. The lowest BCUT2D eigenvalue weighted by atomic mass is 9.73. The van der Waals surface area contributed by atoms with Crippen LogP contribution in [0.4, 0.5) is 17.5 Å². The summed E-state index contributed by atoms with van der Waals surface area (Å²) in [6.45, 7) is 3.05. The highest BCUT2D eigenvalue weighted by molar-refractivity contribution is 6.07. The van der Waals surface area contributed by atoms with Crippen molar-refractivity contribution in [3.63, 3.8) is 0 Å². The van der Waals surface area contributed by atoms with Gasteiger partial charge in [0.2, 0.25) is 0 Å². The number of pyridine rings is 1. The van der Waals surface area contributed by atoms with Crippen LogP contribution in [0.25, 0.3) is 0 Å². The van der Waals surface area contributed by atoms with Crippen LogP contribution in [0.2, 0.25) is 0 Å². The van der Waals surface area contributed by atoms with Crippen LogP contribution >= 0.6 is 0 Å². The van der Waals surface area contributed by atoms with Crippen molar-refractivity contribution >= 4 is 23.4 Å². The summed E-state index contributed by atoms with van der Waals surface area (Å²) >= 11 is 0. The van der Waals surface area contributed by atoms with E-state index < -0.39 is 0 Å². The first-order chi connectivity index (χ1) is 16.1. The van der Waals surface area contributed by atoms with Gasteiger partial charge in [0.05, 0.1) is 12.4 Å². The van der Waals surface area contributed by atoms with E-state index in [4.69, 9.17) is 11.5 Å². The van der Waals surface area contributed by atoms with E-state index in [1.54, 1.807) is 17.3 Å². The number of fused-ring (bicyclic) bond motifs is 2. The van der Waals surface area contributed by atoms with Crippen molar-refractivity contribution in [1.29, 1.82) is 0 Å². The van der Waals surface area contributed by atoms with E-state index in [0.717, 1.165) is 51.1 Å². The van der Waals surface area contributed by atoms with E-state index in [1.165, 1.54) is 11.1 Å². The van der Waals surface area contributed by atoms with E-state index in [9.17, 15) is 4.79 Å². The quantitative estimate of drug-likeness (QED) is 0.607. The first-order valence-electron chi connectivity index (χ1n) is 11.5. The van der Waals surface area contributed by atoms with Gasteiger partial charge in [-0.1, -0.05) is 0 Å². The van der Waals surface area contributed by atoms with Gasteiger partial charge in [0, 0.05) is 50.7 Å². The second kappa shape index (κ2) is 7.51. The standard InChI is InChI=1S/C23H27N9O/c24-20-16-13-26-6-2-15(16)12-23(20)4-10-30(11-5-23)17-14-27-19(21(25)29-17)22(33)31-8-1-9-32-18(31)3-7-28-32/h2-3,6-7,13-14,20H,1,4-5,8-12,24H2,(H2,25,29)/t20-/m1/s1. The van der Waals surface area contributed by atoms with E-state index in [1.807, 2.05) is 23.1 Å². The SMILES string of the molecule is Nc1nc(N2CCC3(CC2)Cc2ccncc2[C@H]3N)cnc1C(=O)N1CCCn2nccc21. The minimum atomic E-state index is -0.242. The number of aromatic nitrogens is 5. The molecule has 3 aromatic rings. The van der Waals surface area contributed by atoms with Gasteiger partial charge in [-0.25, -0.2) is 14.6 Å². The molecule has 1 aliphatic carbocycles. The van der Waals surface area contributed by atoms with Crippen LogP contribution in [0.3, 0.4) is 0 Å². The summed E-state index contributed by atoms with van der Waals surface area (Å²) in [5.41, 5.74) is 15.6. The van der Waals surface area contributed by atoms with Gasteiger partial charge < -0.3 is 16.4 Å². The van der Waals surface area contributed by atoms with Gasteiger partial charge in [0.25, 0.3) is 5.91 Å². The third-order valence-corrected chi connectivity index (χ3v) is 7.52. The van der Waals surface area contributed by atoms with Gasteiger partial charge in [-0.2, -0.15) is 5.10 Å². The van der Waals surface area contributed by atoms with Crippen molar-refractivity contribution in [3.05, 3.63) is 53.7 Å². The van der Waals surface area contributed by atoms with Crippen LogP contribution in [-0.4, -0.2) is 50.3 Å². The highest BCUT2D eigenvalue weighted by atomic mass is 16.2. The molecule has 5 heterocycles. The Balaban J connectivity index is 1.18. The first kappa shape index (κ1) is 20.1. The Morgan fingerprint density at radius 2 is 1.94 bits per heavy atom. The van der Waals surface area contributed by atoms with Crippen molar-refractivity contribution in [2.45, 2.75) is 38.3 Å². The number of carbonyl (C=O) groups excluding carboxylic acids is 1. The molecule has 33 heavy (non-hydrogen) atoms. The average molecular weight is 446 g/mol. The fourth-order valence-corrected chi connectivity index (χ4v) is 5.63. The van der Waals surface area contributed by atoms with Crippen LogP contribution < -0.4 is 21.3 Å². The molecule has 1 fully saturated rings. The van der Waals surface area contributed by atoms with Crippen molar-refractivity contribution in [1.82, 2.24) is 24.7 Å². The van der Waals surface area contributed by atoms with E-state index in [-0.39, 0.29) is 28.9 Å². The lowest BCUT2D eigenvalue weighted by Crippen LogP contribution is -2.44. The largest absolute Gasteiger partial charge is 0.382 e. The lowest BCUT2D eigenvalue weighted by molar-refractivity contribution is 0.0977. The topological polar surface area (TPSA) is 132 Å². The summed E-state index contributed by atoms with van der Waals surface area (Å²) < 4.78 is 1.82. The molecule has 1 amide bonds. The maximum Gasteiger partial charge on any atom is 0.281 e. The van der Waals surface area contributed by atoms with Gasteiger partial charge in [-0.3, -0.25) is 14.7 Å². The van der Waals surface area contributed by atoms with Gasteiger partial charge in [-0.05, 0) is 48.3 Å². The van der Waals surface area contributed by atoms with Crippen molar-refractivity contribution in [2.24, 2.45) is 11.1 Å². The number of piperidine rings is 1.